The van der Waals surface area contributed by atoms with Gasteiger partial charge in [-0.15, -0.1) is 0 Å². The van der Waals surface area contributed by atoms with Gasteiger partial charge >= 0.3 is 0 Å². The highest BCUT2D eigenvalue weighted by atomic mass is 79.9. The predicted molar refractivity (Wildman–Crippen MR) is 63.1 cm³/mol. The van der Waals surface area contributed by atoms with Crippen LogP contribution in [0.25, 0.3) is 10.9 Å². The molecule has 0 unspecified atom stereocenters. The molecule has 1 aliphatic heterocycles. The van der Waals surface area contributed by atoms with Crippen molar-refractivity contribution in [1.82, 2.24) is 10.3 Å². The Morgan fingerprint density at radius 2 is 2.20 bits per heavy atom. The third-order valence-electron chi connectivity index (χ3n) is 2.90. The van der Waals surface area contributed by atoms with E-state index in [9.17, 15) is 5.11 Å². The number of aromatic hydroxyl groups is 1. The van der Waals surface area contributed by atoms with Gasteiger partial charge in [-0.1, -0.05) is 15.9 Å². The first-order valence-electron chi connectivity index (χ1n) is 4.98. The number of aromatic nitrogens is 1. The van der Waals surface area contributed by atoms with Crippen molar-refractivity contribution in [3.8, 4) is 5.75 Å². The summed E-state index contributed by atoms with van der Waals surface area (Å²) in [5, 5.41) is 14.3. The molecule has 0 saturated carbocycles. The van der Waals surface area contributed by atoms with Gasteiger partial charge in [0.1, 0.15) is 5.75 Å². The summed E-state index contributed by atoms with van der Waals surface area (Å²) in [5.41, 5.74) is 3.39. The van der Waals surface area contributed by atoms with E-state index in [1.165, 1.54) is 11.3 Å². The number of benzene rings is 1. The molecule has 0 amide bonds. The van der Waals surface area contributed by atoms with E-state index in [0.717, 1.165) is 34.9 Å². The number of phenolic OH excluding ortho intramolecular Hbond substituents is 1. The molecule has 2 aromatic rings. The van der Waals surface area contributed by atoms with Crippen LogP contribution in [0.15, 0.2) is 16.6 Å². The average molecular weight is 267 g/mol. The molecule has 4 heteroatoms. The molecule has 3 N–H and O–H groups in total. The van der Waals surface area contributed by atoms with E-state index in [-0.39, 0.29) is 0 Å². The zero-order chi connectivity index (χ0) is 10.4. The molecule has 3 nitrogen and oxygen atoms in total. The lowest BCUT2D eigenvalue weighted by Gasteiger charge is -2.12. The first kappa shape index (κ1) is 9.24. The summed E-state index contributed by atoms with van der Waals surface area (Å²) in [5.74, 6) is 0.314. The minimum Gasteiger partial charge on any atom is -0.506 e. The fourth-order valence-corrected chi connectivity index (χ4v) is 2.64. The summed E-state index contributed by atoms with van der Waals surface area (Å²) < 4.78 is 0.917. The van der Waals surface area contributed by atoms with Crippen LogP contribution in [-0.4, -0.2) is 16.6 Å². The highest BCUT2D eigenvalue weighted by Gasteiger charge is 2.16. The monoisotopic (exact) mass is 266 g/mol. The van der Waals surface area contributed by atoms with Gasteiger partial charge in [-0.2, -0.15) is 0 Å². The minimum atomic E-state index is 0.314. The summed E-state index contributed by atoms with van der Waals surface area (Å²) in [7, 11) is 0. The largest absolute Gasteiger partial charge is 0.506 e. The van der Waals surface area contributed by atoms with Gasteiger partial charge in [-0.3, -0.25) is 0 Å². The van der Waals surface area contributed by atoms with Gasteiger partial charge in [0.2, 0.25) is 0 Å². The standard InChI is InChI=1S/C11H11BrN2O/c12-6-3-7-8-5-13-2-1-9(8)14-11(7)10(15)4-6/h3-4,13-15H,1-2,5H2. The van der Waals surface area contributed by atoms with Crippen molar-refractivity contribution in [2.24, 2.45) is 0 Å². The van der Waals surface area contributed by atoms with Crippen LogP contribution in [0.4, 0.5) is 0 Å². The maximum Gasteiger partial charge on any atom is 0.140 e. The Kier molecular flexibility index (Phi) is 2.00. The number of fused-ring (bicyclic) bond motifs is 3. The van der Waals surface area contributed by atoms with Gasteiger partial charge in [0, 0.05) is 35.1 Å². The van der Waals surface area contributed by atoms with Crippen molar-refractivity contribution in [1.29, 1.82) is 0 Å². The Bertz CT molecular complexity index is 533. The maximum absolute atomic E-state index is 9.82. The molecular formula is C11H11BrN2O. The Morgan fingerprint density at radius 3 is 3.07 bits per heavy atom. The van der Waals surface area contributed by atoms with E-state index >= 15 is 0 Å². The first-order chi connectivity index (χ1) is 7.25. The van der Waals surface area contributed by atoms with Crippen LogP contribution in [0.1, 0.15) is 11.3 Å². The second-order valence-corrected chi connectivity index (χ2v) is 4.77. The predicted octanol–water partition coefficient (Wildman–Crippen LogP) is 2.28. The maximum atomic E-state index is 9.82. The van der Waals surface area contributed by atoms with E-state index in [2.05, 4.69) is 32.3 Å². The Hall–Kier alpha value is -1.00. The van der Waals surface area contributed by atoms with Crippen LogP contribution >= 0.6 is 15.9 Å². The van der Waals surface area contributed by atoms with Crippen LogP contribution in [0.3, 0.4) is 0 Å². The Morgan fingerprint density at radius 1 is 1.33 bits per heavy atom. The average Bonchev–Trinajstić information content (AvgIpc) is 2.57. The molecule has 0 saturated heterocycles. The number of aromatic amines is 1. The summed E-state index contributed by atoms with van der Waals surface area (Å²) in [6, 6.07) is 3.77. The summed E-state index contributed by atoms with van der Waals surface area (Å²) in [6.07, 6.45) is 1.00. The molecule has 0 aliphatic carbocycles. The van der Waals surface area contributed by atoms with Gasteiger partial charge in [0.05, 0.1) is 5.52 Å². The van der Waals surface area contributed by atoms with E-state index < -0.39 is 0 Å². The minimum absolute atomic E-state index is 0.314. The number of H-pyrrole nitrogens is 1. The van der Waals surface area contributed by atoms with E-state index in [0.29, 0.717) is 5.75 Å². The Labute approximate surface area is 95.6 Å². The second-order valence-electron chi connectivity index (χ2n) is 3.86. The number of nitrogens with one attached hydrogen (secondary N) is 2. The zero-order valence-electron chi connectivity index (χ0n) is 8.10. The lowest BCUT2D eigenvalue weighted by molar-refractivity contribution is 0.480. The lowest BCUT2D eigenvalue weighted by Crippen LogP contribution is -2.22. The van der Waals surface area contributed by atoms with Crippen LogP contribution in [-0.2, 0) is 13.0 Å². The van der Waals surface area contributed by atoms with Gasteiger partial charge in [0.25, 0.3) is 0 Å². The van der Waals surface area contributed by atoms with Crippen molar-refractivity contribution in [2.45, 2.75) is 13.0 Å². The summed E-state index contributed by atoms with van der Waals surface area (Å²) in [6.45, 7) is 1.88. The van der Waals surface area contributed by atoms with Crippen molar-refractivity contribution < 1.29 is 5.11 Å². The quantitative estimate of drug-likeness (QED) is 0.685. The van der Waals surface area contributed by atoms with Crippen LogP contribution in [0, 0.1) is 0 Å². The van der Waals surface area contributed by atoms with Crippen LogP contribution in [0.2, 0.25) is 0 Å². The first-order valence-corrected chi connectivity index (χ1v) is 5.77. The molecule has 0 bridgehead atoms. The molecule has 15 heavy (non-hydrogen) atoms. The number of halogens is 1. The van der Waals surface area contributed by atoms with Gasteiger partial charge in [0.15, 0.2) is 0 Å². The second kappa shape index (κ2) is 3.25. The molecule has 2 heterocycles. The number of phenols is 1. The van der Waals surface area contributed by atoms with E-state index in [4.69, 9.17) is 0 Å². The molecule has 0 spiro atoms. The fraction of sp³-hybridized carbons (Fsp3) is 0.273. The third kappa shape index (κ3) is 1.36. The van der Waals surface area contributed by atoms with Gasteiger partial charge < -0.3 is 15.4 Å². The van der Waals surface area contributed by atoms with Crippen molar-refractivity contribution >= 4 is 26.8 Å². The van der Waals surface area contributed by atoms with Crippen LogP contribution < -0.4 is 5.32 Å². The van der Waals surface area contributed by atoms with Crippen molar-refractivity contribution in [3.05, 3.63) is 27.9 Å². The lowest BCUT2D eigenvalue weighted by atomic mass is 10.1. The highest BCUT2D eigenvalue weighted by Crippen LogP contribution is 2.33. The SMILES string of the molecule is Oc1cc(Br)cc2c3c([nH]c12)CCNC3. The normalized spacial score (nSPS) is 15.5. The topological polar surface area (TPSA) is 48.0 Å². The molecule has 3 rings (SSSR count). The smallest absolute Gasteiger partial charge is 0.140 e. The molecule has 1 aromatic carbocycles. The third-order valence-corrected chi connectivity index (χ3v) is 3.36. The molecule has 0 atom stereocenters. The van der Waals surface area contributed by atoms with E-state index in [1.807, 2.05) is 0 Å². The van der Waals surface area contributed by atoms with Gasteiger partial charge in [-0.05, 0) is 17.7 Å². The molecule has 1 aliphatic rings. The van der Waals surface area contributed by atoms with Crippen molar-refractivity contribution in [2.75, 3.05) is 6.54 Å². The van der Waals surface area contributed by atoms with E-state index in [1.54, 1.807) is 6.07 Å². The zero-order valence-corrected chi connectivity index (χ0v) is 9.69. The Balaban J connectivity index is 2.37. The van der Waals surface area contributed by atoms with Gasteiger partial charge in [-0.25, -0.2) is 0 Å². The van der Waals surface area contributed by atoms with Crippen LogP contribution in [0.5, 0.6) is 5.75 Å². The highest BCUT2D eigenvalue weighted by molar-refractivity contribution is 9.10. The molecule has 0 fully saturated rings. The van der Waals surface area contributed by atoms with Crippen molar-refractivity contribution in [3.63, 3.8) is 0 Å². The number of hydrogen-bond acceptors (Lipinski definition) is 2. The summed E-state index contributed by atoms with van der Waals surface area (Å²) >= 11 is 3.40. The molecule has 0 radical (unpaired) electrons. The summed E-state index contributed by atoms with van der Waals surface area (Å²) in [4.78, 5) is 3.30. The fourth-order valence-electron chi connectivity index (χ4n) is 2.19. The molecule has 78 valence electrons. The number of hydrogen-bond donors (Lipinski definition) is 3. The molecular weight excluding hydrogens is 256 g/mol. The molecule has 1 aromatic heterocycles. The number of rotatable bonds is 0.